The van der Waals surface area contributed by atoms with Gasteiger partial charge in [-0.15, -0.1) is 0 Å². The van der Waals surface area contributed by atoms with Crippen molar-refractivity contribution < 1.29 is 5.21 Å². The maximum atomic E-state index is 8.48. The maximum Gasteiger partial charge on any atom is 0.0796 e. The molecule has 0 aliphatic heterocycles. The van der Waals surface area contributed by atoms with Crippen LogP contribution in [-0.4, -0.2) is 10.9 Å². The molecule has 0 aromatic rings. The van der Waals surface area contributed by atoms with Crippen LogP contribution in [0.3, 0.4) is 0 Å². The van der Waals surface area contributed by atoms with E-state index in [2.05, 4.69) is 18.2 Å². The summed E-state index contributed by atoms with van der Waals surface area (Å²) in [5.41, 5.74) is 3.26. The molecule has 0 aromatic carbocycles. The molecule has 1 N–H and O–H groups in total. The lowest BCUT2D eigenvalue weighted by molar-refractivity contribution is 0.318. The van der Waals surface area contributed by atoms with E-state index in [1.807, 2.05) is 13.0 Å². The lowest BCUT2D eigenvalue weighted by Crippen LogP contribution is -2.00. The molecule has 0 saturated heterocycles. The summed E-state index contributed by atoms with van der Waals surface area (Å²) in [6.07, 6.45) is 6.18. The fourth-order valence-corrected chi connectivity index (χ4v) is 1.11. The van der Waals surface area contributed by atoms with E-state index in [1.54, 1.807) is 0 Å². The third kappa shape index (κ3) is 1.93. The zero-order valence-electron chi connectivity index (χ0n) is 6.96. The third-order valence-electron chi connectivity index (χ3n) is 1.97. The van der Waals surface area contributed by atoms with Gasteiger partial charge in [0.15, 0.2) is 0 Å². The van der Waals surface area contributed by atoms with Crippen LogP contribution in [0, 0.1) is 0 Å². The first-order valence-corrected chi connectivity index (χ1v) is 3.79. The molecule has 0 amide bonds. The second kappa shape index (κ2) is 3.37. The quantitative estimate of drug-likeness (QED) is 0.348. The third-order valence-corrected chi connectivity index (χ3v) is 1.97. The van der Waals surface area contributed by atoms with E-state index in [-0.39, 0.29) is 0 Å². The summed E-state index contributed by atoms with van der Waals surface area (Å²) >= 11 is 0. The summed E-state index contributed by atoms with van der Waals surface area (Å²) in [7, 11) is 0. The van der Waals surface area contributed by atoms with Gasteiger partial charge in [0.05, 0.1) is 5.71 Å². The van der Waals surface area contributed by atoms with Crippen molar-refractivity contribution in [1.29, 1.82) is 0 Å². The summed E-state index contributed by atoms with van der Waals surface area (Å²) in [5.74, 6) is 0. The fourth-order valence-electron chi connectivity index (χ4n) is 1.11. The van der Waals surface area contributed by atoms with Crippen molar-refractivity contribution in [2.45, 2.75) is 26.7 Å². The SMILES string of the molecule is CC1=CC=C(/C(C)=N\O)CC1. The molecule has 2 heteroatoms. The monoisotopic (exact) mass is 151 g/mol. The molecular formula is C9H13NO. The van der Waals surface area contributed by atoms with E-state index < -0.39 is 0 Å². The van der Waals surface area contributed by atoms with Crippen molar-refractivity contribution in [1.82, 2.24) is 0 Å². The van der Waals surface area contributed by atoms with Crippen molar-refractivity contribution in [3.63, 3.8) is 0 Å². The van der Waals surface area contributed by atoms with Crippen LogP contribution >= 0.6 is 0 Å². The van der Waals surface area contributed by atoms with Crippen molar-refractivity contribution >= 4 is 5.71 Å². The maximum absolute atomic E-state index is 8.48. The van der Waals surface area contributed by atoms with E-state index in [4.69, 9.17) is 5.21 Å². The molecule has 1 rings (SSSR count). The van der Waals surface area contributed by atoms with Gasteiger partial charge in [0.2, 0.25) is 0 Å². The van der Waals surface area contributed by atoms with Crippen LogP contribution in [0.5, 0.6) is 0 Å². The Labute approximate surface area is 66.9 Å². The largest absolute Gasteiger partial charge is 0.411 e. The molecule has 0 saturated carbocycles. The summed E-state index contributed by atoms with van der Waals surface area (Å²) in [5, 5.41) is 11.6. The van der Waals surface area contributed by atoms with Crippen molar-refractivity contribution in [2.75, 3.05) is 0 Å². The van der Waals surface area contributed by atoms with Gasteiger partial charge in [-0.25, -0.2) is 0 Å². The van der Waals surface area contributed by atoms with Crippen LogP contribution in [0.4, 0.5) is 0 Å². The van der Waals surface area contributed by atoms with Crippen LogP contribution in [-0.2, 0) is 0 Å². The Bertz CT molecular complexity index is 236. The van der Waals surface area contributed by atoms with Gasteiger partial charge in [-0.3, -0.25) is 0 Å². The zero-order chi connectivity index (χ0) is 8.27. The molecule has 11 heavy (non-hydrogen) atoms. The highest BCUT2D eigenvalue weighted by Crippen LogP contribution is 2.18. The molecule has 2 nitrogen and oxygen atoms in total. The van der Waals surface area contributed by atoms with Gasteiger partial charge in [0.1, 0.15) is 0 Å². The van der Waals surface area contributed by atoms with Crippen LogP contribution in [0.15, 0.2) is 28.5 Å². The number of nitrogens with zero attached hydrogens (tertiary/aromatic N) is 1. The Morgan fingerprint density at radius 2 is 2.18 bits per heavy atom. The topological polar surface area (TPSA) is 32.6 Å². The zero-order valence-corrected chi connectivity index (χ0v) is 6.96. The molecule has 0 fully saturated rings. The number of hydrogen-bond acceptors (Lipinski definition) is 2. The Morgan fingerprint density at radius 1 is 1.45 bits per heavy atom. The molecule has 1 aliphatic rings. The highest BCUT2D eigenvalue weighted by atomic mass is 16.4. The number of hydrogen-bond donors (Lipinski definition) is 1. The van der Waals surface area contributed by atoms with Crippen LogP contribution in [0.25, 0.3) is 0 Å². The minimum absolute atomic E-state index is 0.730. The summed E-state index contributed by atoms with van der Waals surface area (Å²) < 4.78 is 0. The summed E-state index contributed by atoms with van der Waals surface area (Å²) in [6.45, 7) is 3.93. The molecule has 0 radical (unpaired) electrons. The molecule has 0 atom stereocenters. The molecule has 0 bridgehead atoms. The normalized spacial score (nSPS) is 19.3. The standard InChI is InChI=1S/C9H13NO/c1-7-3-5-9(6-4-7)8(2)10-11/h3,5,11H,4,6H2,1-2H3/b10-8-. The van der Waals surface area contributed by atoms with E-state index >= 15 is 0 Å². The highest BCUT2D eigenvalue weighted by molar-refractivity contribution is 5.98. The van der Waals surface area contributed by atoms with Gasteiger partial charge in [-0.05, 0) is 32.3 Å². The molecule has 60 valence electrons. The average molecular weight is 151 g/mol. The highest BCUT2D eigenvalue weighted by Gasteiger charge is 2.05. The van der Waals surface area contributed by atoms with Crippen LogP contribution in [0.1, 0.15) is 26.7 Å². The van der Waals surface area contributed by atoms with Gasteiger partial charge in [-0.2, -0.15) is 0 Å². The Morgan fingerprint density at radius 3 is 2.64 bits per heavy atom. The van der Waals surface area contributed by atoms with Gasteiger partial charge < -0.3 is 5.21 Å². The lowest BCUT2D eigenvalue weighted by Gasteiger charge is -2.09. The van der Waals surface area contributed by atoms with Crippen molar-refractivity contribution in [3.8, 4) is 0 Å². The van der Waals surface area contributed by atoms with Gasteiger partial charge in [0, 0.05) is 0 Å². The molecule has 0 heterocycles. The minimum atomic E-state index is 0.730. The van der Waals surface area contributed by atoms with Crippen molar-refractivity contribution in [3.05, 3.63) is 23.3 Å². The Kier molecular flexibility index (Phi) is 2.47. The van der Waals surface area contributed by atoms with Crippen molar-refractivity contribution in [2.24, 2.45) is 5.16 Å². The van der Waals surface area contributed by atoms with Gasteiger partial charge in [0.25, 0.3) is 0 Å². The van der Waals surface area contributed by atoms with E-state index in [1.165, 1.54) is 5.57 Å². The minimum Gasteiger partial charge on any atom is -0.411 e. The predicted octanol–water partition coefficient (Wildman–Crippen LogP) is 2.50. The van der Waals surface area contributed by atoms with Crippen LogP contribution in [0.2, 0.25) is 0 Å². The first kappa shape index (κ1) is 8.05. The molecule has 0 spiro atoms. The number of allylic oxidation sites excluding steroid dienone is 4. The van der Waals surface area contributed by atoms with E-state index in [0.717, 1.165) is 24.1 Å². The second-order valence-corrected chi connectivity index (χ2v) is 2.89. The van der Waals surface area contributed by atoms with Gasteiger partial charge >= 0.3 is 0 Å². The second-order valence-electron chi connectivity index (χ2n) is 2.89. The first-order valence-electron chi connectivity index (χ1n) is 3.79. The Hall–Kier alpha value is -1.05. The molecule has 1 aliphatic carbocycles. The predicted molar refractivity (Wildman–Crippen MR) is 46.0 cm³/mol. The smallest absolute Gasteiger partial charge is 0.0796 e. The molecule has 0 aromatic heterocycles. The summed E-state index contributed by atoms with van der Waals surface area (Å²) in [4.78, 5) is 0. The molecular weight excluding hydrogens is 138 g/mol. The van der Waals surface area contributed by atoms with E-state index in [0.29, 0.717) is 0 Å². The van der Waals surface area contributed by atoms with Gasteiger partial charge in [-0.1, -0.05) is 22.9 Å². The van der Waals surface area contributed by atoms with E-state index in [9.17, 15) is 0 Å². The summed E-state index contributed by atoms with van der Waals surface area (Å²) in [6, 6.07) is 0. The van der Waals surface area contributed by atoms with Crippen LogP contribution < -0.4 is 0 Å². The lowest BCUT2D eigenvalue weighted by atomic mass is 9.97. The average Bonchev–Trinajstić information content (AvgIpc) is 2.05. The fraction of sp³-hybridized carbons (Fsp3) is 0.444. The number of oxime groups is 1. The number of rotatable bonds is 1. The molecule has 0 unspecified atom stereocenters. The first-order chi connectivity index (χ1) is 5.24. The Balaban J connectivity index is 2.76.